The molecule has 1 aliphatic heterocycles. The summed E-state index contributed by atoms with van der Waals surface area (Å²) in [5.41, 5.74) is 6.40. The number of nitriles is 1. The lowest BCUT2D eigenvalue weighted by molar-refractivity contribution is -0.0293. The molecule has 1 fully saturated rings. The summed E-state index contributed by atoms with van der Waals surface area (Å²) in [5, 5.41) is 22.0. The zero-order chi connectivity index (χ0) is 26.3. The Morgan fingerprint density at radius 3 is 2.92 bits per heavy atom. The summed E-state index contributed by atoms with van der Waals surface area (Å²) in [6, 6.07) is 20.0. The fraction of sp³-hybridized carbons (Fsp3) is 0.312. The maximum Gasteiger partial charge on any atom is 0.163 e. The molecule has 0 saturated heterocycles. The molecule has 2 aromatic heterocycles. The largest absolute Gasteiger partial charge is 0.388 e. The zero-order valence-corrected chi connectivity index (χ0v) is 21.5. The highest BCUT2D eigenvalue weighted by Crippen LogP contribution is 2.37. The van der Waals surface area contributed by atoms with E-state index in [1.54, 1.807) is 6.20 Å². The minimum Gasteiger partial charge on any atom is -0.388 e. The lowest BCUT2D eigenvalue weighted by Crippen LogP contribution is -2.39. The predicted octanol–water partition coefficient (Wildman–Crippen LogP) is 5.76. The van der Waals surface area contributed by atoms with Gasteiger partial charge in [0.2, 0.25) is 0 Å². The van der Waals surface area contributed by atoms with E-state index >= 15 is 0 Å². The number of fused-ring (bicyclic) bond motifs is 2. The predicted molar refractivity (Wildman–Crippen MR) is 147 cm³/mol. The number of Topliss-reactive ketones (excluding diaryl/α,β-unsaturated/α-hetero) is 1. The summed E-state index contributed by atoms with van der Waals surface area (Å²) in [7, 11) is 0. The van der Waals surface area contributed by atoms with Gasteiger partial charge in [-0.05, 0) is 61.9 Å². The Balaban J connectivity index is 1.18. The molecule has 1 aliphatic carbocycles. The zero-order valence-electron chi connectivity index (χ0n) is 21.5. The van der Waals surface area contributed by atoms with E-state index in [4.69, 9.17) is 4.99 Å². The van der Waals surface area contributed by atoms with E-state index in [1.165, 1.54) is 0 Å². The van der Waals surface area contributed by atoms with Crippen LogP contribution in [-0.2, 0) is 13.1 Å². The van der Waals surface area contributed by atoms with Crippen LogP contribution in [0.5, 0.6) is 0 Å². The second-order valence-corrected chi connectivity index (χ2v) is 10.8. The molecule has 2 aromatic carbocycles. The molecule has 0 radical (unpaired) electrons. The number of aromatic nitrogens is 2. The number of para-hydroxylation sites is 1. The van der Waals surface area contributed by atoms with Gasteiger partial charge < -0.3 is 9.67 Å². The second-order valence-electron chi connectivity index (χ2n) is 10.8. The number of rotatable bonds is 6. The molecule has 4 aromatic rings. The van der Waals surface area contributed by atoms with E-state index in [0.717, 1.165) is 51.8 Å². The normalized spacial score (nSPS) is 20.7. The molecule has 6 nitrogen and oxygen atoms in total. The number of aliphatic hydroxyl groups is 1. The summed E-state index contributed by atoms with van der Waals surface area (Å²) in [6.07, 6.45) is 7.11. The smallest absolute Gasteiger partial charge is 0.163 e. The Morgan fingerprint density at radius 1 is 1.21 bits per heavy atom. The van der Waals surface area contributed by atoms with Crippen LogP contribution in [0.2, 0.25) is 0 Å². The van der Waals surface area contributed by atoms with Gasteiger partial charge in [0.15, 0.2) is 5.78 Å². The van der Waals surface area contributed by atoms with Crippen molar-refractivity contribution in [2.24, 2.45) is 10.9 Å². The average Bonchev–Trinajstić information content (AvgIpc) is 3.49. The van der Waals surface area contributed by atoms with Crippen LogP contribution >= 0.6 is 0 Å². The summed E-state index contributed by atoms with van der Waals surface area (Å²) in [6.45, 7) is 3.01. The SMILES string of the molecule is Cc1cc(C2=NCc3ccc(C(=O)C[C@H]4CCC[C@@](O)(Cn5cc(C#N)c6ccccc65)C4)cc32)ccn1. The summed E-state index contributed by atoms with van der Waals surface area (Å²) < 4.78 is 2.00. The van der Waals surface area contributed by atoms with E-state index in [1.807, 2.05) is 72.3 Å². The van der Waals surface area contributed by atoms with Crippen molar-refractivity contribution in [2.75, 3.05) is 0 Å². The van der Waals surface area contributed by atoms with Crippen LogP contribution in [-0.4, -0.2) is 31.8 Å². The van der Waals surface area contributed by atoms with Gasteiger partial charge >= 0.3 is 0 Å². The third kappa shape index (κ3) is 4.55. The number of aryl methyl sites for hydroxylation is 1. The van der Waals surface area contributed by atoms with Crippen molar-refractivity contribution >= 4 is 22.4 Å². The van der Waals surface area contributed by atoms with Gasteiger partial charge in [0.1, 0.15) is 6.07 Å². The summed E-state index contributed by atoms with van der Waals surface area (Å²) in [4.78, 5) is 22.5. The Hall–Kier alpha value is -4.08. The summed E-state index contributed by atoms with van der Waals surface area (Å²) >= 11 is 0. The van der Waals surface area contributed by atoms with Crippen LogP contribution in [0.4, 0.5) is 0 Å². The highest BCUT2D eigenvalue weighted by molar-refractivity contribution is 6.16. The quantitative estimate of drug-likeness (QED) is 0.339. The molecule has 6 rings (SSSR count). The number of aliphatic imine (C=N–C) groups is 1. The first kappa shape index (κ1) is 24.3. The molecule has 2 atom stereocenters. The molecule has 1 N–H and O–H groups in total. The van der Waals surface area contributed by atoms with Crippen LogP contribution in [0.25, 0.3) is 10.9 Å². The molecule has 38 heavy (non-hydrogen) atoms. The number of carbonyl (C=O) groups excluding carboxylic acids is 1. The van der Waals surface area contributed by atoms with Crippen molar-refractivity contribution in [3.63, 3.8) is 0 Å². The van der Waals surface area contributed by atoms with Gasteiger partial charge in [-0.25, -0.2) is 0 Å². The standard InChI is InChI=1S/C32H30N4O2/c1-21-13-24(10-12-34-21)31-28-15-23(8-9-25(28)18-35-31)30(37)14-22-5-4-11-32(38,16-22)20-36-19-26(17-33)27-6-2-3-7-29(27)36/h2-3,6-10,12-13,15,19,22,38H,4-5,11,14,16,18,20H2,1H3/t22-,32+/m1/s1. The molecule has 0 amide bonds. The van der Waals surface area contributed by atoms with Crippen molar-refractivity contribution in [3.8, 4) is 6.07 Å². The molecular weight excluding hydrogens is 472 g/mol. The fourth-order valence-electron chi connectivity index (χ4n) is 6.24. The number of benzene rings is 2. The van der Waals surface area contributed by atoms with Crippen LogP contribution in [0.3, 0.4) is 0 Å². The molecule has 1 saturated carbocycles. The minimum atomic E-state index is -0.908. The Bertz CT molecular complexity index is 1630. The lowest BCUT2D eigenvalue weighted by atomic mass is 9.75. The Morgan fingerprint density at radius 2 is 2.08 bits per heavy atom. The van der Waals surface area contributed by atoms with Crippen LogP contribution in [0.1, 0.15) is 70.4 Å². The molecule has 0 bridgehead atoms. The van der Waals surface area contributed by atoms with Gasteiger partial charge in [-0.15, -0.1) is 0 Å². The average molecular weight is 503 g/mol. The number of hydrogen-bond acceptors (Lipinski definition) is 5. The minimum absolute atomic E-state index is 0.109. The Labute approximate surface area is 222 Å². The van der Waals surface area contributed by atoms with Crippen molar-refractivity contribution < 1.29 is 9.90 Å². The van der Waals surface area contributed by atoms with E-state index in [0.29, 0.717) is 43.5 Å². The van der Waals surface area contributed by atoms with Gasteiger partial charge in [0.05, 0.1) is 30.0 Å². The van der Waals surface area contributed by atoms with Crippen LogP contribution in [0, 0.1) is 24.2 Å². The lowest BCUT2D eigenvalue weighted by Gasteiger charge is -2.37. The molecule has 3 heterocycles. The highest BCUT2D eigenvalue weighted by Gasteiger charge is 2.36. The maximum absolute atomic E-state index is 13.4. The first-order valence-electron chi connectivity index (χ1n) is 13.3. The number of hydrogen-bond donors (Lipinski definition) is 1. The van der Waals surface area contributed by atoms with Crippen molar-refractivity contribution in [3.05, 3.63) is 101 Å². The van der Waals surface area contributed by atoms with Crippen LogP contribution < -0.4 is 0 Å². The number of carbonyl (C=O) groups is 1. The van der Waals surface area contributed by atoms with Crippen molar-refractivity contribution in [1.82, 2.24) is 9.55 Å². The monoisotopic (exact) mass is 502 g/mol. The van der Waals surface area contributed by atoms with E-state index in [9.17, 15) is 15.2 Å². The van der Waals surface area contributed by atoms with E-state index < -0.39 is 5.60 Å². The number of nitrogens with zero attached hydrogens (tertiary/aromatic N) is 4. The molecule has 0 spiro atoms. The van der Waals surface area contributed by atoms with Crippen molar-refractivity contribution in [2.45, 2.75) is 57.7 Å². The van der Waals surface area contributed by atoms with E-state index in [2.05, 4.69) is 11.1 Å². The van der Waals surface area contributed by atoms with Gasteiger partial charge in [0, 0.05) is 52.1 Å². The van der Waals surface area contributed by atoms with E-state index in [-0.39, 0.29) is 11.7 Å². The van der Waals surface area contributed by atoms with Crippen LogP contribution in [0.15, 0.2) is 72.0 Å². The van der Waals surface area contributed by atoms with Gasteiger partial charge in [-0.2, -0.15) is 5.26 Å². The second kappa shape index (κ2) is 9.66. The van der Waals surface area contributed by atoms with Gasteiger partial charge in [-0.3, -0.25) is 14.8 Å². The van der Waals surface area contributed by atoms with Gasteiger partial charge in [-0.1, -0.05) is 36.8 Å². The first-order chi connectivity index (χ1) is 18.4. The Kier molecular flexibility index (Phi) is 6.17. The topological polar surface area (TPSA) is 91.3 Å². The number of pyridine rings is 1. The molecule has 0 unspecified atom stereocenters. The third-order valence-electron chi connectivity index (χ3n) is 8.04. The molecule has 190 valence electrons. The van der Waals surface area contributed by atoms with Gasteiger partial charge in [0.25, 0.3) is 0 Å². The maximum atomic E-state index is 13.4. The fourth-order valence-corrected chi connectivity index (χ4v) is 6.24. The highest BCUT2D eigenvalue weighted by atomic mass is 16.3. The number of ketones is 1. The summed E-state index contributed by atoms with van der Waals surface area (Å²) in [5.74, 6) is 0.222. The molecule has 2 aliphatic rings. The third-order valence-corrected chi connectivity index (χ3v) is 8.04. The molecular formula is C32H30N4O2. The van der Waals surface area contributed by atoms with Crippen molar-refractivity contribution in [1.29, 1.82) is 5.26 Å². The molecule has 6 heteroatoms. The first-order valence-corrected chi connectivity index (χ1v) is 13.3.